The Morgan fingerprint density at radius 1 is 1.39 bits per heavy atom. The van der Waals surface area contributed by atoms with E-state index in [1.807, 2.05) is 6.92 Å². The van der Waals surface area contributed by atoms with Crippen LogP contribution in [0.5, 0.6) is 0 Å². The first-order chi connectivity index (χ1) is 8.52. The summed E-state index contributed by atoms with van der Waals surface area (Å²) in [6.45, 7) is 8.39. The second kappa shape index (κ2) is 7.54. The Labute approximate surface area is 115 Å². The molecule has 0 aromatic carbocycles. The standard InChI is InChI=1S/C13H23ClN4/c1-5-12-16-11(14)9-13(17-12)15-7-6-8-18(4)10(2)3/h9-10H,5-8H2,1-4H3,(H,15,16,17). The zero-order valence-electron chi connectivity index (χ0n) is 11.7. The van der Waals surface area contributed by atoms with E-state index >= 15 is 0 Å². The zero-order chi connectivity index (χ0) is 13.5. The van der Waals surface area contributed by atoms with Gasteiger partial charge in [-0.2, -0.15) is 0 Å². The lowest BCUT2D eigenvalue weighted by Crippen LogP contribution is -2.28. The number of halogens is 1. The van der Waals surface area contributed by atoms with Gasteiger partial charge in [0.1, 0.15) is 16.8 Å². The molecule has 1 heterocycles. The van der Waals surface area contributed by atoms with Crippen LogP contribution < -0.4 is 5.32 Å². The van der Waals surface area contributed by atoms with Crippen LogP contribution in [0.15, 0.2) is 6.07 Å². The lowest BCUT2D eigenvalue weighted by Gasteiger charge is -2.20. The number of rotatable bonds is 7. The highest BCUT2D eigenvalue weighted by Gasteiger charge is 2.03. The summed E-state index contributed by atoms with van der Waals surface area (Å²) in [6.07, 6.45) is 1.88. The maximum atomic E-state index is 5.93. The predicted molar refractivity (Wildman–Crippen MR) is 77.3 cm³/mol. The summed E-state index contributed by atoms with van der Waals surface area (Å²) in [5.41, 5.74) is 0. The minimum Gasteiger partial charge on any atom is -0.370 e. The van der Waals surface area contributed by atoms with Crippen LogP contribution >= 0.6 is 11.6 Å². The lowest BCUT2D eigenvalue weighted by atomic mass is 10.3. The van der Waals surface area contributed by atoms with Crippen molar-refractivity contribution in [3.05, 3.63) is 17.0 Å². The highest BCUT2D eigenvalue weighted by molar-refractivity contribution is 6.29. The summed E-state index contributed by atoms with van der Waals surface area (Å²) in [7, 11) is 2.14. The van der Waals surface area contributed by atoms with E-state index in [1.165, 1.54) is 0 Å². The molecule has 102 valence electrons. The quantitative estimate of drug-likeness (QED) is 0.611. The fourth-order valence-electron chi connectivity index (χ4n) is 1.52. The van der Waals surface area contributed by atoms with Gasteiger partial charge >= 0.3 is 0 Å². The predicted octanol–water partition coefficient (Wildman–Crippen LogP) is 2.83. The molecule has 1 aromatic rings. The van der Waals surface area contributed by atoms with Crippen molar-refractivity contribution in [3.8, 4) is 0 Å². The summed E-state index contributed by atoms with van der Waals surface area (Å²) in [6, 6.07) is 2.36. The van der Waals surface area contributed by atoms with E-state index < -0.39 is 0 Å². The highest BCUT2D eigenvalue weighted by atomic mass is 35.5. The minimum atomic E-state index is 0.503. The molecule has 0 fully saturated rings. The molecule has 18 heavy (non-hydrogen) atoms. The molecule has 0 spiro atoms. The van der Waals surface area contributed by atoms with Crippen LogP contribution in [-0.4, -0.2) is 41.0 Å². The molecule has 4 nitrogen and oxygen atoms in total. The van der Waals surface area contributed by atoms with Crippen molar-refractivity contribution in [2.24, 2.45) is 0 Å². The number of anilines is 1. The average Bonchev–Trinajstić information content (AvgIpc) is 2.33. The molecule has 0 aliphatic carbocycles. The molecule has 1 aromatic heterocycles. The summed E-state index contributed by atoms with van der Waals surface area (Å²) >= 11 is 5.93. The Balaban J connectivity index is 2.37. The fraction of sp³-hybridized carbons (Fsp3) is 0.692. The molecule has 0 saturated carbocycles. The van der Waals surface area contributed by atoms with E-state index in [0.29, 0.717) is 11.2 Å². The van der Waals surface area contributed by atoms with E-state index in [4.69, 9.17) is 11.6 Å². The summed E-state index contributed by atoms with van der Waals surface area (Å²) < 4.78 is 0. The average molecular weight is 271 g/mol. The molecule has 0 saturated heterocycles. The van der Waals surface area contributed by atoms with Crippen molar-refractivity contribution in [2.75, 3.05) is 25.5 Å². The fourth-order valence-corrected chi connectivity index (χ4v) is 1.72. The first-order valence-electron chi connectivity index (χ1n) is 6.50. The maximum absolute atomic E-state index is 5.93. The molecule has 0 amide bonds. The van der Waals surface area contributed by atoms with Crippen LogP contribution in [0.1, 0.15) is 33.0 Å². The minimum absolute atomic E-state index is 0.503. The molecule has 0 radical (unpaired) electrons. The van der Waals surface area contributed by atoms with E-state index in [9.17, 15) is 0 Å². The van der Waals surface area contributed by atoms with Crippen molar-refractivity contribution >= 4 is 17.4 Å². The molecule has 5 heteroatoms. The van der Waals surface area contributed by atoms with Gasteiger partial charge in [0.15, 0.2) is 0 Å². The number of nitrogens with zero attached hydrogens (tertiary/aromatic N) is 3. The van der Waals surface area contributed by atoms with Gasteiger partial charge in [-0.25, -0.2) is 9.97 Å². The lowest BCUT2D eigenvalue weighted by molar-refractivity contribution is 0.273. The topological polar surface area (TPSA) is 41.1 Å². The van der Waals surface area contributed by atoms with Gasteiger partial charge in [-0.1, -0.05) is 18.5 Å². The smallest absolute Gasteiger partial charge is 0.134 e. The number of nitrogens with one attached hydrogen (secondary N) is 1. The largest absolute Gasteiger partial charge is 0.370 e. The Hall–Kier alpha value is -0.870. The molecular weight excluding hydrogens is 248 g/mol. The molecule has 0 bridgehead atoms. The van der Waals surface area contributed by atoms with E-state index in [-0.39, 0.29) is 0 Å². The number of hydrogen-bond acceptors (Lipinski definition) is 4. The first-order valence-corrected chi connectivity index (χ1v) is 6.88. The summed E-state index contributed by atoms with van der Waals surface area (Å²) in [5, 5.41) is 3.80. The normalized spacial score (nSPS) is 11.3. The van der Waals surface area contributed by atoms with Crippen LogP contribution in [0, 0.1) is 0 Å². The van der Waals surface area contributed by atoms with Gasteiger partial charge in [0, 0.05) is 25.1 Å². The third kappa shape index (κ3) is 5.19. The summed E-state index contributed by atoms with van der Waals surface area (Å²) in [4.78, 5) is 10.8. The number of aryl methyl sites for hydroxylation is 1. The third-order valence-electron chi connectivity index (χ3n) is 2.93. The van der Waals surface area contributed by atoms with Crippen molar-refractivity contribution in [2.45, 2.75) is 39.7 Å². The van der Waals surface area contributed by atoms with Crippen LogP contribution in [0.4, 0.5) is 5.82 Å². The second-order valence-electron chi connectivity index (χ2n) is 4.70. The Bertz CT molecular complexity index is 368. The van der Waals surface area contributed by atoms with Gasteiger partial charge in [-0.3, -0.25) is 0 Å². The molecule has 0 aliphatic rings. The van der Waals surface area contributed by atoms with Crippen LogP contribution in [0.25, 0.3) is 0 Å². The van der Waals surface area contributed by atoms with Gasteiger partial charge in [-0.05, 0) is 33.9 Å². The SMILES string of the molecule is CCc1nc(Cl)cc(NCCCN(C)C(C)C)n1. The maximum Gasteiger partial charge on any atom is 0.134 e. The molecule has 0 unspecified atom stereocenters. The van der Waals surface area contributed by atoms with Crippen molar-refractivity contribution in [3.63, 3.8) is 0 Å². The van der Waals surface area contributed by atoms with Crippen molar-refractivity contribution in [1.82, 2.24) is 14.9 Å². The summed E-state index contributed by atoms with van der Waals surface area (Å²) in [5.74, 6) is 1.60. The third-order valence-corrected chi connectivity index (χ3v) is 3.13. The molecule has 0 atom stereocenters. The van der Waals surface area contributed by atoms with Crippen LogP contribution in [0.2, 0.25) is 5.15 Å². The Kier molecular flexibility index (Phi) is 6.36. The highest BCUT2D eigenvalue weighted by Crippen LogP contribution is 2.11. The molecule has 1 N–H and O–H groups in total. The van der Waals surface area contributed by atoms with Gasteiger partial charge in [0.25, 0.3) is 0 Å². The number of aromatic nitrogens is 2. The zero-order valence-corrected chi connectivity index (χ0v) is 12.5. The second-order valence-corrected chi connectivity index (χ2v) is 5.09. The number of hydrogen-bond donors (Lipinski definition) is 1. The van der Waals surface area contributed by atoms with Gasteiger partial charge in [-0.15, -0.1) is 0 Å². The molecule has 0 aliphatic heterocycles. The van der Waals surface area contributed by atoms with Crippen molar-refractivity contribution in [1.29, 1.82) is 0 Å². The van der Waals surface area contributed by atoms with E-state index in [1.54, 1.807) is 6.07 Å². The van der Waals surface area contributed by atoms with Crippen LogP contribution in [-0.2, 0) is 6.42 Å². The van der Waals surface area contributed by atoms with Gasteiger partial charge in [0.2, 0.25) is 0 Å². The Morgan fingerprint density at radius 2 is 2.11 bits per heavy atom. The van der Waals surface area contributed by atoms with Crippen LogP contribution in [0.3, 0.4) is 0 Å². The van der Waals surface area contributed by atoms with E-state index in [0.717, 1.165) is 37.6 Å². The van der Waals surface area contributed by atoms with Crippen molar-refractivity contribution < 1.29 is 0 Å². The van der Waals surface area contributed by atoms with Gasteiger partial charge < -0.3 is 10.2 Å². The van der Waals surface area contributed by atoms with E-state index in [2.05, 4.69) is 41.1 Å². The molecular formula is C13H23ClN4. The molecule has 1 rings (SSSR count). The monoisotopic (exact) mass is 270 g/mol. The Morgan fingerprint density at radius 3 is 2.72 bits per heavy atom. The first kappa shape index (κ1) is 15.2. The van der Waals surface area contributed by atoms with Gasteiger partial charge in [0.05, 0.1) is 0 Å².